The standard InChI is InChI=1S/C2H5IO2/c1-4-2-5-3/h2H2,1H3. The van der Waals surface area contributed by atoms with Gasteiger partial charge in [0.05, 0.1) is 0 Å². The van der Waals surface area contributed by atoms with Crippen LogP contribution in [0.2, 0.25) is 0 Å². The first-order valence-corrected chi connectivity index (χ1v) is 2.02. The Balaban J connectivity index is 2.19. The maximum absolute atomic E-state index is 4.46. The maximum atomic E-state index is 4.46. The van der Waals surface area contributed by atoms with Gasteiger partial charge in [0.1, 0.15) is 23.0 Å². The second-order valence-corrected chi connectivity index (χ2v) is 1.14. The molecule has 0 aromatic heterocycles. The van der Waals surface area contributed by atoms with Gasteiger partial charge < -0.3 is 4.74 Å². The first-order valence-electron chi connectivity index (χ1n) is 1.14. The number of methoxy groups -OCH3 is 1. The fourth-order valence-corrected chi connectivity index (χ4v) is 0.299. The summed E-state index contributed by atoms with van der Waals surface area (Å²) < 4.78 is 8.90. The van der Waals surface area contributed by atoms with Crippen LogP contribution >= 0.6 is 23.0 Å². The van der Waals surface area contributed by atoms with Gasteiger partial charge in [-0.1, -0.05) is 0 Å². The lowest BCUT2D eigenvalue weighted by Gasteiger charge is -1.84. The molecule has 0 aliphatic heterocycles. The maximum Gasteiger partial charge on any atom is 0.157 e. The van der Waals surface area contributed by atoms with Crippen LogP contribution in [0.25, 0.3) is 0 Å². The van der Waals surface area contributed by atoms with Gasteiger partial charge >= 0.3 is 0 Å². The summed E-state index contributed by atoms with van der Waals surface area (Å²) in [5, 5.41) is 0. The predicted octanol–water partition coefficient (Wildman–Crippen LogP) is 0.957. The predicted molar refractivity (Wildman–Crippen MR) is 27.0 cm³/mol. The molecule has 5 heavy (non-hydrogen) atoms. The Morgan fingerprint density at radius 3 is 2.40 bits per heavy atom. The monoisotopic (exact) mass is 188 g/mol. The van der Waals surface area contributed by atoms with Crippen LogP contribution in [0.1, 0.15) is 0 Å². The second-order valence-electron chi connectivity index (χ2n) is 0.516. The van der Waals surface area contributed by atoms with E-state index in [-0.39, 0.29) is 0 Å². The number of rotatable bonds is 2. The first kappa shape index (κ1) is 5.65. The topological polar surface area (TPSA) is 18.5 Å². The van der Waals surface area contributed by atoms with Crippen LogP contribution in [-0.4, -0.2) is 13.9 Å². The van der Waals surface area contributed by atoms with E-state index in [1.165, 1.54) is 0 Å². The van der Waals surface area contributed by atoms with Gasteiger partial charge in [-0.2, -0.15) is 0 Å². The van der Waals surface area contributed by atoms with Crippen molar-refractivity contribution >= 4 is 23.0 Å². The van der Waals surface area contributed by atoms with Crippen molar-refractivity contribution in [3.05, 3.63) is 0 Å². The summed E-state index contributed by atoms with van der Waals surface area (Å²) in [7, 11) is 1.58. The molecule has 0 aromatic carbocycles. The van der Waals surface area contributed by atoms with Crippen molar-refractivity contribution in [3.63, 3.8) is 0 Å². The van der Waals surface area contributed by atoms with Crippen LogP contribution in [0.4, 0.5) is 0 Å². The third-order valence-corrected chi connectivity index (χ3v) is 0.417. The lowest BCUT2D eigenvalue weighted by atomic mass is 11.4. The Labute approximate surface area is 45.1 Å². The second kappa shape index (κ2) is 4.65. The molecule has 0 bridgehead atoms. The van der Waals surface area contributed by atoms with Crippen LogP contribution in [-0.2, 0) is 7.80 Å². The van der Waals surface area contributed by atoms with Crippen LogP contribution < -0.4 is 0 Å². The van der Waals surface area contributed by atoms with Crippen molar-refractivity contribution in [1.82, 2.24) is 0 Å². The molecule has 0 rings (SSSR count). The molecular formula is C2H5IO2. The molecule has 0 amide bonds. The van der Waals surface area contributed by atoms with Gasteiger partial charge in [0.2, 0.25) is 0 Å². The Kier molecular flexibility index (Phi) is 5.25. The molecule has 0 unspecified atom stereocenters. The van der Waals surface area contributed by atoms with Crippen LogP contribution in [0.15, 0.2) is 0 Å². The zero-order chi connectivity index (χ0) is 4.12. The Bertz CT molecular complexity index is 15.1. The van der Waals surface area contributed by atoms with E-state index in [1.54, 1.807) is 30.1 Å². The SMILES string of the molecule is COCOI. The fraction of sp³-hybridized carbons (Fsp3) is 1.00. The van der Waals surface area contributed by atoms with Crippen LogP contribution in [0.5, 0.6) is 0 Å². The van der Waals surface area contributed by atoms with E-state index in [2.05, 4.69) is 7.80 Å². The van der Waals surface area contributed by atoms with Crippen molar-refractivity contribution in [2.75, 3.05) is 13.9 Å². The van der Waals surface area contributed by atoms with E-state index >= 15 is 0 Å². The van der Waals surface area contributed by atoms with E-state index in [0.29, 0.717) is 6.79 Å². The molecule has 2 nitrogen and oxygen atoms in total. The first-order chi connectivity index (χ1) is 2.41. The highest BCUT2D eigenvalue weighted by Gasteiger charge is 1.65. The lowest BCUT2D eigenvalue weighted by molar-refractivity contribution is 0.0839. The number of hydrogen-bond donors (Lipinski definition) is 0. The highest BCUT2D eigenvalue weighted by atomic mass is 127. The summed E-state index contributed by atoms with van der Waals surface area (Å²) in [6.07, 6.45) is 0. The molecule has 0 spiro atoms. The highest BCUT2D eigenvalue weighted by molar-refractivity contribution is 14.1. The molecule has 0 heterocycles. The summed E-state index contributed by atoms with van der Waals surface area (Å²) in [5.41, 5.74) is 0. The molecule has 0 saturated carbocycles. The van der Waals surface area contributed by atoms with Crippen molar-refractivity contribution in [1.29, 1.82) is 0 Å². The minimum absolute atomic E-state index is 0.376. The smallest absolute Gasteiger partial charge is 0.157 e. The zero-order valence-corrected chi connectivity index (χ0v) is 5.06. The average molecular weight is 188 g/mol. The van der Waals surface area contributed by atoms with Crippen LogP contribution in [0.3, 0.4) is 0 Å². The molecule has 32 valence electrons. The summed E-state index contributed by atoms with van der Waals surface area (Å²) in [5.74, 6) is 0. The van der Waals surface area contributed by atoms with Gasteiger partial charge in [-0.15, -0.1) is 0 Å². The van der Waals surface area contributed by atoms with Crippen LogP contribution in [0, 0.1) is 0 Å². The number of ether oxygens (including phenoxy) is 1. The van der Waals surface area contributed by atoms with Crippen molar-refractivity contribution < 1.29 is 7.80 Å². The van der Waals surface area contributed by atoms with E-state index in [4.69, 9.17) is 0 Å². The molecule has 0 saturated heterocycles. The average Bonchev–Trinajstić information content (AvgIpc) is 1.41. The molecular weight excluding hydrogens is 183 g/mol. The van der Waals surface area contributed by atoms with Gasteiger partial charge in [-0.25, -0.2) is 0 Å². The van der Waals surface area contributed by atoms with Gasteiger partial charge in [0, 0.05) is 7.11 Å². The highest BCUT2D eigenvalue weighted by Crippen LogP contribution is 1.81. The summed E-state index contributed by atoms with van der Waals surface area (Å²) in [6.45, 7) is 0.376. The molecule has 0 fully saturated rings. The van der Waals surface area contributed by atoms with Crippen molar-refractivity contribution in [3.8, 4) is 0 Å². The zero-order valence-electron chi connectivity index (χ0n) is 2.90. The molecule has 0 atom stereocenters. The summed E-state index contributed by atoms with van der Waals surface area (Å²) >= 11 is 1.76. The van der Waals surface area contributed by atoms with Gasteiger partial charge in [0.25, 0.3) is 0 Å². The Morgan fingerprint density at radius 2 is 2.40 bits per heavy atom. The van der Waals surface area contributed by atoms with E-state index in [9.17, 15) is 0 Å². The fourth-order valence-electron chi connectivity index (χ4n) is 0.0445. The largest absolute Gasteiger partial charge is 0.358 e. The lowest BCUT2D eigenvalue weighted by Crippen LogP contribution is -1.82. The summed E-state index contributed by atoms with van der Waals surface area (Å²) in [4.78, 5) is 0. The number of halogens is 1. The van der Waals surface area contributed by atoms with E-state index < -0.39 is 0 Å². The molecule has 0 aromatic rings. The van der Waals surface area contributed by atoms with Gasteiger partial charge in [-0.3, -0.25) is 3.07 Å². The van der Waals surface area contributed by atoms with Gasteiger partial charge in [-0.05, 0) is 0 Å². The van der Waals surface area contributed by atoms with E-state index in [1.807, 2.05) is 0 Å². The van der Waals surface area contributed by atoms with Crippen molar-refractivity contribution in [2.24, 2.45) is 0 Å². The molecule has 3 heteroatoms. The molecule has 0 aliphatic carbocycles. The molecule has 0 radical (unpaired) electrons. The molecule has 0 aliphatic rings. The molecule has 0 N–H and O–H groups in total. The Hall–Kier alpha value is 0.650. The minimum atomic E-state index is 0.376. The Morgan fingerprint density at radius 1 is 1.80 bits per heavy atom. The third kappa shape index (κ3) is 4.65. The quantitative estimate of drug-likeness (QED) is 0.474. The normalized spacial score (nSPS) is 8.40. The third-order valence-electron chi connectivity index (χ3n) is 0.162. The number of hydrogen-bond acceptors (Lipinski definition) is 2. The minimum Gasteiger partial charge on any atom is -0.358 e. The summed E-state index contributed by atoms with van der Waals surface area (Å²) in [6, 6.07) is 0. The van der Waals surface area contributed by atoms with Gasteiger partial charge in [0.15, 0.2) is 6.79 Å². The van der Waals surface area contributed by atoms with Crippen molar-refractivity contribution in [2.45, 2.75) is 0 Å². The van der Waals surface area contributed by atoms with E-state index in [0.717, 1.165) is 0 Å².